The number of benzene rings is 1. The molecule has 0 aliphatic rings. The van der Waals surface area contributed by atoms with Crippen molar-refractivity contribution in [2.75, 3.05) is 20.6 Å². The van der Waals surface area contributed by atoms with Gasteiger partial charge < -0.3 is 14.7 Å². The van der Waals surface area contributed by atoms with Gasteiger partial charge >= 0.3 is 0 Å². The number of nitrogens with zero attached hydrogens (tertiary/aromatic N) is 2. The van der Waals surface area contributed by atoms with Gasteiger partial charge in [0.2, 0.25) is 11.7 Å². The molecule has 0 unspecified atom stereocenters. The maximum absolute atomic E-state index is 11.9. The van der Waals surface area contributed by atoms with Crippen LogP contribution in [0.3, 0.4) is 0 Å². The molecule has 0 radical (unpaired) electrons. The second-order valence-corrected chi connectivity index (χ2v) is 5.24. The van der Waals surface area contributed by atoms with E-state index in [-0.39, 0.29) is 30.5 Å². The summed E-state index contributed by atoms with van der Waals surface area (Å²) in [6.07, 6.45) is 0.248. The van der Waals surface area contributed by atoms with Gasteiger partial charge in [0.1, 0.15) is 5.69 Å². The Morgan fingerprint density at radius 2 is 1.91 bits per heavy atom. The molecule has 0 atom stereocenters. The fraction of sp³-hybridized carbons (Fsp3) is 0.312. The third-order valence-electron chi connectivity index (χ3n) is 3.20. The first-order valence-corrected chi connectivity index (χ1v) is 6.99. The van der Waals surface area contributed by atoms with Gasteiger partial charge in [0.05, 0.1) is 0 Å². The minimum absolute atomic E-state index is 0.0433. The van der Waals surface area contributed by atoms with Gasteiger partial charge in [-0.2, -0.15) is 0 Å². The Balaban J connectivity index is 1.94. The molecule has 1 N–H and O–H groups in total. The highest BCUT2D eigenvalue weighted by Crippen LogP contribution is 2.19. The van der Waals surface area contributed by atoms with Gasteiger partial charge in [-0.05, 0) is 6.92 Å². The Kier molecular flexibility index (Phi) is 4.93. The number of rotatable bonds is 5. The highest BCUT2D eigenvalue weighted by atomic mass is 16.5. The summed E-state index contributed by atoms with van der Waals surface area (Å²) >= 11 is 0. The van der Waals surface area contributed by atoms with Crippen LogP contribution in [0.4, 0.5) is 0 Å². The lowest BCUT2D eigenvalue weighted by atomic mass is 10.1. The number of hydrogen-bond acceptors (Lipinski definition) is 4. The summed E-state index contributed by atoms with van der Waals surface area (Å²) in [4.78, 5) is 24.8. The lowest BCUT2D eigenvalue weighted by Crippen LogP contribution is -2.29. The topological polar surface area (TPSA) is 75.4 Å². The van der Waals surface area contributed by atoms with Crippen molar-refractivity contribution in [3.05, 3.63) is 41.7 Å². The molecular formula is C16H19N3O3. The zero-order valence-corrected chi connectivity index (χ0v) is 12.9. The van der Waals surface area contributed by atoms with Crippen LogP contribution in [0, 0.1) is 6.92 Å². The number of carbonyl (C=O) groups excluding carboxylic acids is 2. The third-order valence-corrected chi connectivity index (χ3v) is 3.20. The van der Waals surface area contributed by atoms with Crippen LogP contribution >= 0.6 is 0 Å². The second-order valence-electron chi connectivity index (χ2n) is 5.24. The average molecular weight is 301 g/mol. The van der Waals surface area contributed by atoms with E-state index in [1.165, 1.54) is 4.90 Å². The van der Waals surface area contributed by atoms with E-state index in [9.17, 15) is 9.59 Å². The number of carbonyl (C=O) groups is 2. The molecule has 0 bridgehead atoms. The molecule has 0 aliphatic carbocycles. The van der Waals surface area contributed by atoms with Crippen molar-refractivity contribution in [3.63, 3.8) is 0 Å². The zero-order chi connectivity index (χ0) is 16.1. The van der Waals surface area contributed by atoms with Crippen LogP contribution in [0.1, 0.15) is 22.5 Å². The average Bonchev–Trinajstić information content (AvgIpc) is 2.97. The van der Waals surface area contributed by atoms with Crippen molar-refractivity contribution >= 4 is 11.8 Å². The Hall–Kier alpha value is -2.63. The van der Waals surface area contributed by atoms with E-state index < -0.39 is 0 Å². The number of aryl methyl sites for hydroxylation is 1. The van der Waals surface area contributed by atoms with Crippen molar-refractivity contribution in [2.45, 2.75) is 13.3 Å². The summed E-state index contributed by atoms with van der Waals surface area (Å²) in [5.74, 6) is -0.288. The molecule has 0 spiro atoms. The van der Waals surface area contributed by atoms with E-state index in [0.717, 1.165) is 11.1 Å². The third kappa shape index (κ3) is 3.94. The van der Waals surface area contributed by atoms with E-state index in [1.54, 1.807) is 20.2 Å². The molecule has 2 rings (SSSR count). The minimum atomic E-state index is -0.377. The molecule has 0 saturated heterocycles. The molecule has 6 heteroatoms. The molecule has 1 aromatic heterocycles. The predicted molar refractivity (Wildman–Crippen MR) is 82.3 cm³/mol. The quantitative estimate of drug-likeness (QED) is 0.914. The molecule has 1 heterocycles. The summed E-state index contributed by atoms with van der Waals surface area (Å²) in [5.41, 5.74) is 2.64. The van der Waals surface area contributed by atoms with Crippen LogP contribution in [0.25, 0.3) is 11.3 Å². The molecule has 1 aromatic carbocycles. The second kappa shape index (κ2) is 6.89. The summed E-state index contributed by atoms with van der Waals surface area (Å²) in [7, 11) is 3.35. The van der Waals surface area contributed by atoms with Crippen molar-refractivity contribution in [3.8, 4) is 11.3 Å². The van der Waals surface area contributed by atoms with Crippen LogP contribution in [-0.2, 0) is 4.79 Å². The first kappa shape index (κ1) is 15.8. The monoisotopic (exact) mass is 301 g/mol. The Labute approximate surface area is 129 Å². The smallest absolute Gasteiger partial charge is 0.289 e. The van der Waals surface area contributed by atoms with Crippen LogP contribution in [0.2, 0.25) is 0 Å². The fourth-order valence-electron chi connectivity index (χ4n) is 1.84. The Morgan fingerprint density at radius 1 is 1.23 bits per heavy atom. The molecule has 22 heavy (non-hydrogen) atoms. The fourth-order valence-corrected chi connectivity index (χ4v) is 1.84. The lowest BCUT2D eigenvalue weighted by Gasteiger charge is -2.09. The highest BCUT2D eigenvalue weighted by molar-refractivity contribution is 5.92. The summed E-state index contributed by atoms with van der Waals surface area (Å²) in [5, 5.41) is 6.54. The van der Waals surface area contributed by atoms with Gasteiger partial charge in [0.25, 0.3) is 5.91 Å². The normalized spacial score (nSPS) is 10.3. The molecule has 0 fully saturated rings. The van der Waals surface area contributed by atoms with Crippen LogP contribution in [0.15, 0.2) is 34.9 Å². The van der Waals surface area contributed by atoms with Gasteiger partial charge in [-0.1, -0.05) is 35.0 Å². The van der Waals surface area contributed by atoms with Gasteiger partial charge in [-0.25, -0.2) is 0 Å². The first-order valence-electron chi connectivity index (χ1n) is 6.99. The summed E-state index contributed by atoms with van der Waals surface area (Å²) < 4.78 is 5.06. The SMILES string of the molecule is Cc1ccc(-c2cc(C(=O)NCCC(=O)N(C)C)on2)cc1. The largest absolute Gasteiger partial charge is 0.350 e. The van der Waals surface area contributed by atoms with Gasteiger partial charge in [0.15, 0.2) is 0 Å². The van der Waals surface area contributed by atoms with Crippen LogP contribution in [-0.4, -0.2) is 42.5 Å². The number of hydrogen-bond donors (Lipinski definition) is 1. The maximum atomic E-state index is 11.9. The first-order chi connectivity index (χ1) is 10.5. The van der Waals surface area contributed by atoms with Gasteiger partial charge in [0, 0.05) is 38.7 Å². The summed E-state index contributed by atoms with van der Waals surface area (Å²) in [6.45, 7) is 2.26. The minimum Gasteiger partial charge on any atom is -0.350 e. The van der Waals surface area contributed by atoms with Crippen LogP contribution < -0.4 is 5.32 Å². The highest BCUT2D eigenvalue weighted by Gasteiger charge is 2.14. The molecule has 116 valence electrons. The van der Waals surface area contributed by atoms with Crippen LogP contribution in [0.5, 0.6) is 0 Å². The van der Waals surface area contributed by atoms with E-state index in [2.05, 4.69) is 10.5 Å². The Bertz CT molecular complexity index is 660. The molecule has 0 saturated carbocycles. The Morgan fingerprint density at radius 3 is 2.55 bits per heavy atom. The van der Waals surface area contributed by atoms with E-state index in [1.807, 2.05) is 31.2 Å². The van der Waals surface area contributed by atoms with Gasteiger partial charge in [-0.3, -0.25) is 9.59 Å². The van der Waals surface area contributed by atoms with Crippen molar-refractivity contribution in [1.29, 1.82) is 0 Å². The molecule has 2 aromatic rings. The predicted octanol–water partition coefficient (Wildman–Crippen LogP) is 1.86. The maximum Gasteiger partial charge on any atom is 0.289 e. The van der Waals surface area contributed by atoms with Crippen molar-refractivity contribution in [1.82, 2.24) is 15.4 Å². The van der Waals surface area contributed by atoms with Gasteiger partial charge in [-0.15, -0.1) is 0 Å². The molecule has 0 aliphatic heterocycles. The number of amides is 2. The van der Waals surface area contributed by atoms with E-state index in [4.69, 9.17) is 4.52 Å². The van der Waals surface area contributed by atoms with Crippen molar-refractivity contribution < 1.29 is 14.1 Å². The number of aromatic nitrogens is 1. The van der Waals surface area contributed by atoms with E-state index >= 15 is 0 Å². The lowest BCUT2D eigenvalue weighted by molar-refractivity contribution is -0.128. The zero-order valence-electron chi connectivity index (χ0n) is 12.9. The van der Waals surface area contributed by atoms with E-state index in [0.29, 0.717) is 5.69 Å². The standard InChI is InChI=1S/C16H19N3O3/c1-11-4-6-12(7-5-11)13-10-14(22-18-13)16(21)17-9-8-15(20)19(2)3/h4-7,10H,8-9H2,1-3H3,(H,17,21). The molecule has 6 nitrogen and oxygen atoms in total. The molecule has 2 amide bonds. The number of nitrogens with one attached hydrogen (secondary N) is 1. The molecular weight excluding hydrogens is 282 g/mol. The van der Waals surface area contributed by atoms with Crippen molar-refractivity contribution in [2.24, 2.45) is 0 Å². The summed E-state index contributed by atoms with van der Waals surface area (Å²) in [6, 6.07) is 9.37.